The Kier molecular flexibility index (Phi) is 4.25. The van der Waals surface area contributed by atoms with Crippen LogP contribution in [0.2, 0.25) is 0 Å². The molecule has 1 N–H and O–H groups in total. The van der Waals surface area contributed by atoms with Gasteiger partial charge in [0, 0.05) is 31.6 Å². The molecule has 4 heteroatoms. The molecule has 2 heterocycles. The molecule has 0 bridgehead atoms. The first-order valence-corrected chi connectivity index (χ1v) is 7.70. The lowest BCUT2D eigenvalue weighted by Crippen LogP contribution is -2.22. The highest BCUT2D eigenvalue weighted by atomic mass is 16.4. The predicted molar refractivity (Wildman–Crippen MR) is 84.5 cm³/mol. The van der Waals surface area contributed by atoms with Crippen molar-refractivity contribution < 1.29 is 4.42 Å². The standard InChI is InChI=1S/C17H23N3O/c1-13(2)18-10-16-12-21-17(19-16)20-9-8-15(11-20)14-6-4-3-5-7-14/h3-7,12-13,15,18H,8-11H2,1-2H3. The van der Waals surface area contributed by atoms with Gasteiger partial charge in [0.1, 0.15) is 6.26 Å². The number of nitrogens with zero attached hydrogens (tertiary/aromatic N) is 2. The first kappa shape index (κ1) is 14.1. The van der Waals surface area contributed by atoms with Crippen LogP contribution < -0.4 is 10.2 Å². The predicted octanol–water partition coefficient (Wildman–Crippen LogP) is 3.17. The van der Waals surface area contributed by atoms with Crippen molar-refractivity contribution in [3.05, 3.63) is 47.9 Å². The summed E-state index contributed by atoms with van der Waals surface area (Å²) >= 11 is 0. The van der Waals surface area contributed by atoms with Gasteiger partial charge in [0.2, 0.25) is 0 Å². The van der Waals surface area contributed by atoms with Crippen LogP contribution in [0.5, 0.6) is 0 Å². The second-order valence-corrected chi connectivity index (χ2v) is 6.00. The molecule has 2 aromatic rings. The Labute approximate surface area is 126 Å². The van der Waals surface area contributed by atoms with Crippen molar-refractivity contribution in [2.24, 2.45) is 0 Å². The third kappa shape index (κ3) is 3.45. The Bertz CT molecular complexity index is 564. The number of rotatable bonds is 5. The molecular weight excluding hydrogens is 262 g/mol. The molecule has 1 unspecified atom stereocenters. The van der Waals surface area contributed by atoms with Crippen LogP contribution in [0.1, 0.15) is 37.4 Å². The number of nitrogens with one attached hydrogen (secondary N) is 1. The highest BCUT2D eigenvalue weighted by molar-refractivity contribution is 5.33. The summed E-state index contributed by atoms with van der Waals surface area (Å²) in [7, 11) is 0. The van der Waals surface area contributed by atoms with Crippen molar-refractivity contribution in [2.45, 2.75) is 38.8 Å². The Morgan fingerprint density at radius 3 is 2.90 bits per heavy atom. The summed E-state index contributed by atoms with van der Waals surface area (Å²) in [6.07, 6.45) is 2.92. The van der Waals surface area contributed by atoms with E-state index in [9.17, 15) is 0 Å². The fraction of sp³-hybridized carbons (Fsp3) is 0.471. The molecule has 0 radical (unpaired) electrons. The van der Waals surface area contributed by atoms with Gasteiger partial charge in [0.15, 0.2) is 0 Å². The third-order valence-corrected chi connectivity index (χ3v) is 3.96. The summed E-state index contributed by atoms with van der Waals surface area (Å²) in [5.41, 5.74) is 2.38. The van der Waals surface area contributed by atoms with E-state index in [4.69, 9.17) is 4.42 Å². The lowest BCUT2D eigenvalue weighted by Gasteiger charge is -2.13. The Hall–Kier alpha value is -1.81. The number of oxazole rings is 1. The molecule has 1 aliphatic heterocycles. The molecule has 0 saturated carbocycles. The largest absolute Gasteiger partial charge is 0.432 e. The average molecular weight is 285 g/mol. The van der Waals surface area contributed by atoms with E-state index in [0.29, 0.717) is 12.0 Å². The van der Waals surface area contributed by atoms with Gasteiger partial charge in [-0.2, -0.15) is 4.98 Å². The molecule has 1 aromatic heterocycles. The molecular formula is C17H23N3O. The van der Waals surface area contributed by atoms with Crippen LogP contribution in [0.25, 0.3) is 0 Å². The Balaban J connectivity index is 1.61. The van der Waals surface area contributed by atoms with Crippen LogP contribution in [0.4, 0.5) is 6.01 Å². The van der Waals surface area contributed by atoms with Crippen molar-refractivity contribution in [2.75, 3.05) is 18.0 Å². The second kappa shape index (κ2) is 6.31. The van der Waals surface area contributed by atoms with Crippen molar-refractivity contribution in [1.82, 2.24) is 10.3 Å². The van der Waals surface area contributed by atoms with E-state index in [1.54, 1.807) is 6.26 Å². The molecule has 21 heavy (non-hydrogen) atoms. The van der Waals surface area contributed by atoms with Crippen molar-refractivity contribution >= 4 is 6.01 Å². The zero-order valence-electron chi connectivity index (χ0n) is 12.7. The van der Waals surface area contributed by atoms with E-state index < -0.39 is 0 Å². The topological polar surface area (TPSA) is 41.3 Å². The molecule has 0 amide bonds. The minimum Gasteiger partial charge on any atom is -0.432 e. The molecule has 1 fully saturated rings. The smallest absolute Gasteiger partial charge is 0.297 e. The van der Waals surface area contributed by atoms with Crippen LogP contribution in [0.15, 0.2) is 41.0 Å². The highest BCUT2D eigenvalue weighted by Gasteiger charge is 2.26. The van der Waals surface area contributed by atoms with Gasteiger partial charge in [-0.15, -0.1) is 0 Å². The maximum atomic E-state index is 5.64. The van der Waals surface area contributed by atoms with Crippen LogP contribution in [0.3, 0.4) is 0 Å². The van der Waals surface area contributed by atoms with Gasteiger partial charge in [-0.3, -0.25) is 0 Å². The number of anilines is 1. The SMILES string of the molecule is CC(C)NCc1coc(N2CCC(c3ccccc3)C2)n1. The van der Waals surface area contributed by atoms with E-state index in [2.05, 4.69) is 59.4 Å². The third-order valence-electron chi connectivity index (χ3n) is 3.96. The van der Waals surface area contributed by atoms with E-state index >= 15 is 0 Å². The molecule has 3 rings (SSSR count). The first-order valence-electron chi connectivity index (χ1n) is 7.70. The molecule has 1 aromatic carbocycles. The quantitative estimate of drug-likeness (QED) is 0.916. The highest BCUT2D eigenvalue weighted by Crippen LogP contribution is 2.30. The lowest BCUT2D eigenvalue weighted by atomic mass is 9.99. The van der Waals surface area contributed by atoms with Gasteiger partial charge >= 0.3 is 0 Å². The molecule has 4 nitrogen and oxygen atoms in total. The number of aromatic nitrogens is 1. The first-order chi connectivity index (χ1) is 10.2. The van der Waals surface area contributed by atoms with Crippen molar-refractivity contribution in [3.8, 4) is 0 Å². The minimum atomic E-state index is 0.458. The fourth-order valence-electron chi connectivity index (χ4n) is 2.76. The van der Waals surface area contributed by atoms with Crippen molar-refractivity contribution in [3.63, 3.8) is 0 Å². The van der Waals surface area contributed by atoms with Crippen LogP contribution in [-0.4, -0.2) is 24.1 Å². The van der Waals surface area contributed by atoms with Gasteiger partial charge in [-0.05, 0) is 12.0 Å². The van der Waals surface area contributed by atoms with Crippen LogP contribution in [0, 0.1) is 0 Å². The second-order valence-electron chi connectivity index (χ2n) is 6.00. The average Bonchev–Trinajstić information content (AvgIpc) is 3.15. The van der Waals surface area contributed by atoms with Gasteiger partial charge in [-0.25, -0.2) is 0 Å². The fourth-order valence-corrected chi connectivity index (χ4v) is 2.76. The van der Waals surface area contributed by atoms with E-state index in [-0.39, 0.29) is 0 Å². The van der Waals surface area contributed by atoms with Gasteiger partial charge in [0.25, 0.3) is 6.01 Å². The zero-order valence-corrected chi connectivity index (χ0v) is 12.7. The molecule has 112 valence electrons. The molecule has 1 saturated heterocycles. The molecule has 1 atom stereocenters. The summed E-state index contributed by atoms with van der Waals surface area (Å²) in [6.45, 7) is 7.02. The maximum Gasteiger partial charge on any atom is 0.297 e. The summed E-state index contributed by atoms with van der Waals surface area (Å²) < 4.78 is 5.64. The van der Waals surface area contributed by atoms with Crippen molar-refractivity contribution in [1.29, 1.82) is 0 Å². The summed E-state index contributed by atoms with van der Waals surface area (Å²) in [5, 5.41) is 3.36. The van der Waals surface area contributed by atoms with Crippen LogP contribution >= 0.6 is 0 Å². The molecule has 0 aliphatic carbocycles. The molecule has 0 spiro atoms. The number of hydrogen-bond donors (Lipinski definition) is 1. The van der Waals surface area contributed by atoms with Gasteiger partial charge in [0.05, 0.1) is 5.69 Å². The summed E-state index contributed by atoms with van der Waals surface area (Å²) in [4.78, 5) is 6.84. The van der Waals surface area contributed by atoms with E-state index in [1.165, 1.54) is 5.56 Å². The monoisotopic (exact) mass is 285 g/mol. The number of benzene rings is 1. The molecule has 1 aliphatic rings. The summed E-state index contributed by atoms with van der Waals surface area (Å²) in [6, 6.07) is 11.9. The van der Waals surface area contributed by atoms with Gasteiger partial charge < -0.3 is 14.6 Å². The Morgan fingerprint density at radius 2 is 2.14 bits per heavy atom. The maximum absolute atomic E-state index is 5.64. The zero-order chi connectivity index (χ0) is 14.7. The van der Waals surface area contributed by atoms with Gasteiger partial charge in [-0.1, -0.05) is 44.2 Å². The normalized spacial score (nSPS) is 18.6. The van der Waals surface area contributed by atoms with Crippen LogP contribution in [-0.2, 0) is 6.54 Å². The minimum absolute atomic E-state index is 0.458. The number of hydrogen-bond acceptors (Lipinski definition) is 4. The van der Waals surface area contributed by atoms with E-state index in [0.717, 1.165) is 37.8 Å². The summed E-state index contributed by atoms with van der Waals surface area (Å²) in [5.74, 6) is 0.579. The Morgan fingerprint density at radius 1 is 1.33 bits per heavy atom. The van der Waals surface area contributed by atoms with E-state index in [1.807, 2.05) is 0 Å². The lowest BCUT2D eigenvalue weighted by molar-refractivity contribution is 0.541.